The number of likely N-dealkylation sites (tertiary alicyclic amines) is 1. The maximum Gasteiger partial charge on any atom is 0.00916 e. The average molecular weight is 232 g/mol. The van der Waals surface area contributed by atoms with Crippen LogP contribution in [0.5, 0.6) is 0 Å². The van der Waals surface area contributed by atoms with Crippen molar-refractivity contribution in [2.75, 3.05) is 26.7 Å². The molecule has 17 heavy (non-hydrogen) atoms. The fourth-order valence-electron chi connectivity index (χ4n) is 2.46. The molecule has 1 aliphatic rings. The molecule has 1 saturated heterocycles. The highest BCUT2D eigenvalue weighted by Crippen LogP contribution is 2.15. The van der Waals surface area contributed by atoms with Crippen LogP contribution in [0.25, 0.3) is 0 Å². The Morgan fingerprint density at radius 1 is 1.24 bits per heavy atom. The minimum Gasteiger partial charge on any atom is -0.313 e. The molecule has 1 heterocycles. The second-order valence-electron chi connectivity index (χ2n) is 5.30. The molecule has 2 rings (SSSR count). The standard InChI is InChI=1S/C15H24N2/c1-13(14-6-4-3-5-7-14)12-16-15-8-10-17(2)11-9-15/h3-7,13,15-16H,8-12H2,1-2H3. The normalized spacial score (nSPS) is 20.4. The van der Waals surface area contributed by atoms with Crippen molar-refractivity contribution < 1.29 is 0 Å². The lowest BCUT2D eigenvalue weighted by Crippen LogP contribution is -2.41. The first-order chi connectivity index (χ1) is 8.25. The zero-order valence-corrected chi connectivity index (χ0v) is 11.0. The predicted molar refractivity (Wildman–Crippen MR) is 73.4 cm³/mol. The van der Waals surface area contributed by atoms with Gasteiger partial charge >= 0.3 is 0 Å². The Balaban J connectivity index is 1.75. The molecule has 0 amide bonds. The lowest BCUT2D eigenvalue weighted by Gasteiger charge is -2.30. The van der Waals surface area contributed by atoms with Crippen LogP contribution in [0.1, 0.15) is 31.2 Å². The van der Waals surface area contributed by atoms with Crippen molar-refractivity contribution in [1.82, 2.24) is 10.2 Å². The molecular formula is C15H24N2. The van der Waals surface area contributed by atoms with E-state index in [0.29, 0.717) is 5.92 Å². The molecule has 2 nitrogen and oxygen atoms in total. The summed E-state index contributed by atoms with van der Waals surface area (Å²) >= 11 is 0. The molecule has 0 aliphatic carbocycles. The van der Waals surface area contributed by atoms with Gasteiger partial charge in [-0.1, -0.05) is 37.3 Å². The zero-order chi connectivity index (χ0) is 12.1. The fraction of sp³-hybridized carbons (Fsp3) is 0.600. The first-order valence-corrected chi connectivity index (χ1v) is 6.72. The Labute approximate surface area is 105 Å². The Morgan fingerprint density at radius 3 is 2.53 bits per heavy atom. The largest absolute Gasteiger partial charge is 0.313 e. The van der Waals surface area contributed by atoms with E-state index in [1.807, 2.05) is 0 Å². The van der Waals surface area contributed by atoms with Crippen molar-refractivity contribution in [3.05, 3.63) is 35.9 Å². The van der Waals surface area contributed by atoms with Gasteiger partial charge in [0.05, 0.1) is 0 Å². The van der Waals surface area contributed by atoms with Crippen molar-refractivity contribution in [2.24, 2.45) is 0 Å². The van der Waals surface area contributed by atoms with Crippen molar-refractivity contribution in [3.63, 3.8) is 0 Å². The maximum absolute atomic E-state index is 3.71. The van der Waals surface area contributed by atoms with E-state index in [2.05, 4.69) is 54.5 Å². The van der Waals surface area contributed by atoms with Crippen molar-refractivity contribution >= 4 is 0 Å². The monoisotopic (exact) mass is 232 g/mol. The molecule has 1 aliphatic heterocycles. The summed E-state index contributed by atoms with van der Waals surface area (Å²) in [4.78, 5) is 2.42. The highest BCUT2D eigenvalue weighted by Gasteiger charge is 2.16. The van der Waals surface area contributed by atoms with Crippen LogP contribution in [0.3, 0.4) is 0 Å². The molecule has 1 fully saturated rings. The lowest BCUT2D eigenvalue weighted by atomic mass is 9.99. The van der Waals surface area contributed by atoms with Crippen LogP contribution in [0, 0.1) is 0 Å². The van der Waals surface area contributed by atoms with E-state index in [1.165, 1.54) is 31.5 Å². The van der Waals surface area contributed by atoms with Crippen LogP contribution in [-0.2, 0) is 0 Å². The molecule has 0 radical (unpaired) electrons. The summed E-state index contributed by atoms with van der Waals surface area (Å²) in [7, 11) is 2.21. The Bertz CT molecular complexity index is 315. The zero-order valence-electron chi connectivity index (χ0n) is 11.0. The molecule has 0 aromatic heterocycles. The first kappa shape index (κ1) is 12.6. The van der Waals surface area contributed by atoms with Crippen LogP contribution in [0.4, 0.5) is 0 Å². The van der Waals surface area contributed by atoms with Crippen LogP contribution in [-0.4, -0.2) is 37.6 Å². The number of nitrogens with zero attached hydrogens (tertiary/aromatic N) is 1. The second kappa shape index (κ2) is 6.18. The summed E-state index contributed by atoms with van der Waals surface area (Å²) in [6.45, 7) is 5.87. The van der Waals surface area contributed by atoms with Gasteiger partial charge in [-0.15, -0.1) is 0 Å². The highest BCUT2D eigenvalue weighted by molar-refractivity contribution is 5.18. The van der Waals surface area contributed by atoms with Gasteiger partial charge in [-0.3, -0.25) is 0 Å². The van der Waals surface area contributed by atoms with Crippen LogP contribution >= 0.6 is 0 Å². The van der Waals surface area contributed by atoms with Gasteiger partial charge < -0.3 is 10.2 Å². The number of hydrogen-bond acceptors (Lipinski definition) is 2. The molecule has 1 aromatic carbocycles. The van der Waals surface area contributed by atoms with E-state index >= 15 is 0 Å². The summed E-state index contributed by atoms with van der Waals surface area (Å²) in [5.74, 6) is 0.607. The summed E-state index contributed by atoms with van der Waals surface area (Å²) in [5.41, 5.74) is 1.44. The van der Waals surface area contributed by atoms with Crippen molar-refractivity contribution in [2.45, 2.75) is 31.7 Å². The van der Waals surface area contributed by atoms with Gasteiger partial charge in [-0.2, -0.15) is 0 Å². The lowest BCUT2D eigenvalue weighted by molar-refractivity contribution is 0.233. The third-order valence-electron chi connectivity index (χ3n) is 3.80. The molecule has 94 valence electrons. The molecule has 1 N–H and O–H groups in total. The Morgan fingerprint density at radius 2 is 1.88 bits per heavy atom. The van der Waals surface area contributed by atoms with Gasteiger partial charge in [0, 0.05) is 12.6 Å². The van der Waals surface area contributed by atoms with Gasteiger partial charge in [0.15, 0.2) is 0 Å². The number of benzene rings is 1. The summed E-state index contributed by atoms with van der Waals surface area (Å²) in [6, 6.07) is 11.5. The van der Waals surface area contributed by atoms with E-state index < -0.39 is 0 Å². The number of nitrogens with one attached hydrogen (secondary N) is 1. The summed E-state index contributed by atoms with van der Waals surface area (Å²) < 4.78 is 0. The summed E-state index contributed by atoms with van der Waals surface area (Å²) in [5, 5.41) is 3.71. The Kier molecular flexibility index (Phi) is 4.57. The topological polar surface area (TPSA) is 15.3 Å². The molecule has 1 unspecified atom stereocenters. The van der Waals surface area contributed by atoms with Gasteiger partial charge in [0.25, 0.3) is 0 Å². The van der Waals surface area contributed by atoms with Crippen molar-refractivity contribution in [1.29, 1.82) is 0 Å². The van der Waals surface area contributed by atoms with E-state index in [4.69, 9.17) is 0 Å². The Hall–Kier alpha value is -0.860. The number of hydrogen-bond donors (Lipinski definition) is 1. The number of rotatable bonds is 4. The highest BCUT2D eigenvalue weighted by atomic mass is 15.1. The molecule has 2 heteroatoms. The van der Waals surface area contributed by atoms with E-state index in [9.17, 15) is 0 Å². The fourth-order valence-corrected chi connectivity index (χ4v) is 2.46. The molecule has 0 saturated carbocycles. The second-order valence-corrected chi connectivity index (χ2v) is 5.30. The third-order valence-corrected chi connectivity index (χ3v) is 3.80. The minimum absolute atomic E-state index is 0.607. The smallest absolute Gasteiger partial charge is 0.00916 e. The van der Waals surface area contributed by atoms with E-state index in [-0.39, 0.29) is 0 Å². The SMILES string of the molecule is CC(CNC1CCN(C)CC1)c1ccccc1. The molecule has 0 spiro atoms. The third kappa shape index (κ3) is 3.83. The van der Waals surface area contributed by atoms with Crippen LogP contribution in [0.2, 0.25) is 0 Å². The van der Waals surface area contributed by atoms with E-state index in [1.54, 1.807) is 0 Å². The molecule has 1 atom stereocenters. The molecule has 0 bridgehead atoms. The van der Waals surface area contributed by atoms with Crippen LogP contribution in [0.15, 0.2) is 30.3 Å². The van der Waals surface area contributed by atoms with Crippen molar-refractivity contribution in [3.8, 4) is 0 Å². The summed E-state index contributed by atoms with van der Waals surface area (Å²) in [6.07, 6.45) is 2.58. The van der Waals surface area contributed by atoms with Gasteiger partial charge in [0.2, 0.25) is 0 Å². The quantitative estimate of drug-likeness (QED) is 0.858. The molecule has 1 aromatic rings. The minimum atomic E-state index is 0.607. The molecular weight excluding hydrogens is 208 g/mol. The predicted octanol–water partition coefficient (Wildman–Crippen LogP) is 2.47. The maximum atomic E-state index is 3.71. The first-order valence-electron chi connectivity index (χ1n) is 6.72. The number of piperidine rings is 1. The van der Waals surface area contributed by atoms with E-state index in [0.717, 1.165) is 12.6 Å². The van der Waals surface area contributed by atoms with Gasteiger partial charge in [0.1, 0.15) is 0 Å². The average Bonchev–Trinajstić information content (AvgIpc) is 2.39. The van der Waals surface area contributed by atoms with Crippen LogP contribution < -0.4 is 5.32 Å². The van der Waals surface area contributed by atoms with Gasteiger partial charge in [-0.25, -0.2) is 0 Å². The van der Waals surface area contributed by atoms with Gasteiger partial charge in [-0.05, 0) is 44.5 Å².